The maximum absolute atomic E-state index is 6.15. The zero-order valence-corrected chi connectivity index (χ0v) is 13.6. The number of piperidine rings is 1. The van der Waals surface area contributed by atoms with Crippen molar-refractivity contribution in [2.24, 2.45) is 5.41 Å². The molecule has 3 rings (SSSR count). The van der Waals surface area contributed by atoms with Crippen LogP contribution in [0.4, 0.5) is 0 Å². The molecule has 0 radical (unpaired) electrons. The number of hydrogen-bond donors (Lipinski definition) is 2. The topological polar surface area (TPSA) is 42.5 Å². The predicted molar refractivity (Wildman–Crippen MR) is 87.6 cm³/mol. The van der Waals surface area contributed by atoms with Crippen LogP contribution in [0.1, 0.15) is 31.7 Å². The molecule has 0 aromatic heterocycles. The van der Waals surface area contributed by atoms with E-state index in [-0.39, 0.29) is 5.41 Å². The van der Waals surface area contributed by atoms with Gasteiger partial charge in [0, 0.05) is 38.0 Å². The maximum atomic E-state index is 6.15. The molecular weight excluding hydrogens is 276 g/mol. The Balaban J connectivity index is 1.69. The van der Waals surface area contributed by atoms with E-state index in [0.717, 1.165) is 58.7 Å². The van der Waals surface area contributed by atoms with Gasteiger partial charge < -0.3 is 20.1 Å². The molecule has 0 bridgehead atoms. The second-order valence-corrected chi connectivity index (χ2v) is 6.50. The van der Waals surface area contributed by atoms with E-state index in [0.29, 0.717) is 0 Å². The maximum Gasteiger partial charge on any atom is 0.177 e. The zero-order chi connectivity index (χ0) is 15.3. The van der Waals surface area contributed by atoms with Crippen molar-refractivity contribution >= 4 is 0 Å². The first-order chi connectivity index (χ1) is 10.8. The van der Waals surface area contributed by atoms with Crippen LogP contribution in [0.25, 0.3) is 0 Å². The van der Waals surface area contributed by atoms with E-state index in [1.807, 2.05) is 0 Å². The molecule has 2 saturated heterocycles. The monoisotopic (exact) mass is 304 g/mol. The third kappa shape index (κ3) is 3.06. The summed E-state index contributed by atoms with van der Waals surface area (Å²) < 4.78 is 12.3. The van der Waals surface area contributed by atoms with Crippen molar-refractivity contribution in [3.63, 3.8) is 0 Å². The minimum atomic E-state index is -0.391. The molecule has 0 amide bonds. The summed E-state index contributed by atoms with van der Waals surface area (Å²) in [4.78, 5) is 0. The van der Waals surface area contributed by atoms with Crippen LogP contribution in [0.2, 0.25) is 0 Å². The van der Waals surface area contributed by atoms with Crippen molar-refractivity contribution in [1.29, 1.82) is 0 Å². The third-order valence-electron chi connectivity index (χ3n) is 5.02. The first-order valence-electron chi connectivity index (χ1n) is 8.54. The van der Waals surface area contributed by atoms with Gasteiger partial charge in [-0.2, -0.15) is 0 Å². The first kappa shape index (κ1) is 15.9. The predicted octanol–water partition coefficient (Wildman–Crippen LogP) is 2.30. The second kappa shape index (κ2) is 7.09. The molecule has 2 fully saturated rings. The van der Waals surface area contributed by atoms with E-state index in [2.05, 4.69) is 47.9 Å². The molecule has 0 saturated carbocycles. The third-order valence-corrected chi connectivity index (χ3v) is 5.02. The Morgan fingerprint density at radius 3 is 2.68 bits per heavy atom. The van der Waals surface area contributed by atoms with Crippen LogP contribution in [-0.4, -0.2) is 38.6 Å². The summed E-state index contributed by atoms with van der Waals surface area (Å²) in [5.41, 5.74) is 1.34. The number of hydrogen-bond acceptors (Lipinski definition) is 4. The quantitative estimate of drug-likeness (QED) is 0.846. The fraction of sp³-hybridized carbons (Fsp3) is 0.667. The molecule has 2 aliphatic rings. The fourth-order valence-corrected chi connectivity index (χ4v) is 3.97. The van der Waals surface area contributed by atoms with Crippen LogP contribution in [0, 0.1) is 5.41 Å². The van der Waals surface area contributed by atoms with Gasteiger partial charge in [-0.25, -0.2) is 0 Å². The molecule has 2 aliphatic heterocycles. The van der Waals surface area contributed by atoms with E-state index in [9.17, 15) is 0 Å². The van der Waals surface area contributed by atoms with Gasteiger partial charge in [0.25, 0.3) is 0 Å². The summed E-state index contributed by atoms with van der Waals surface area (Å²) in [5, 5.41) is 7.21. The Labute approximate surface area is 133 Å². The minimum Gasteiger partial charge on any atom is -0.347 e. The van der Waals surface area contributed by atoms with Crippen LogP contribution >= 0.6 is 0 Å². The van der Waals surface area contributed by atoms with Crippen LogP contribution in [0.5, 0.6) is 0 Å². The van der Waals surface area contributed by atoms with Crippen LogP contribution < -0.4 is 10.6 Å². The number of rotatable bonds is 6. The number of benzene rings is 1. The SMILES string of the molecule is CCCC1(CNCc2ccccc2)CNCCC12OCCO2. The number of ether oxygens (including phenoxy) is 2. The van der Waals surface area contributed by atoms with Gasteiger partial charge in [0.15, 0.2) is 5.79 Å². The summed E-state index contributed by atoms with van der Waals surface area (Å²) in [6, 6.07) is 10.6. The molecule has 4 heteroatoms. The molecular formula is C18H28N2O2. The molecule has 1 atom stereocenters. The summed E-state index contributed by atoms with van der Waals surface area (Å²) in [6.07, 6.45) is 3.20. The molecule has 1 spiro atoms. The number of nitrogens with one attached hydrogen (secondary N) is 2. The summed E-state index contributed by atoms with van der Waals surface area (Å²) in [5.74, 6) is -0.391. The Bertz CT molecular complexity index is 455. The van der Waals surface area contributed by atoms with Gasteiger partial charge in [-0.05, 0) is 12.0 Å². The van der Waals surface area contributed by atoms with E-state index in [4.69, 9.17) is 9.47 Å². The average Bonchev–Trinajstić information content (AvgIpc) is 3.02. The van der Waals surface area contributed by atoms with Crippen molar-refractivity contribution in [1.82, 2.24) is 10.6 Å². The van der Waals surface area contributed by atoms with Gasteiger partial charge in [-0.1, -0.05) is 43.7 Å². The highest BCUT2D eigenvalue weighted by atomic mass is 16.7. The summed E-state index contributed by atoms with van der Waals surface area (Å²) >= 11 is 0. The smallest absolute Gasteiger partial charge is 0.177 e. The minimum absolute atomic E-state index is 0.0191. The molecule has 1 aromatic rings. The van der Waals surface area contributed by atoms with E-state index in [1.165, 1.54) is 5.56 Å². The normalized spacial score (nSPS) is 27.3. The second-order valence-electron chi connectivity index (χ2n) is 6.50. The van der Waals surface area contributed by atoms with Gasteiger partial charge in [0.1, 0.15) is 0 Å². The van der Waals surface area contributed by atoms with Crippen LogP contribution in [0.15, 0.2) is 30.3 Å². The van der Waals surface area contributed by atoms with Gasteiger partial charge in [0.05, 0.1) is 13.2 Å². The molecule has 1 unspecified atom stereocenters. The lowest BCUT2D eigenvalue weighted by Gasteiger charge is -2.50. The average molecular weight is 304 g/mol. The molecule has 22 heavy (non-hydrogen) atoms. The van der Waals surface area contributed by atoms with E-state index < -0.39 is 5.79 Å². The van der Waals surface area contributed by atoms with Crippen molar-refractivity contribution in [3.8, 4) is 0 Å². The van der Waals surface area contributed by atoms with E-state index >= 15 is 0 Å². The molecule has 4 nitrogen and oxygen atoms in total. The fourth-order valence-electron chi connectivity index (χ4n) is 3.97. The summed E-state index contributed by atoms with van der Waals surface area (Å²) in [7, 11) is 0. The largest absolute Gasteiger partial charge is 0.347 e. The van der Waals surface area contributed by atoms with Gasteiger partial charge in [-0.15, -0.1) is 0 Å². The molecule has 2 heterocycles. The summed E-state index contributed by atoms with van der Waals surface area (Å²) in [6.45, 7) is 7.45. The van der Waals surface area contributed by atoms with Gasteiger partial charge in [0.2, 0.25) is 0 Å². The van der Waals surface area contributed by atoms with Crippen molar-refractivity contribution < 1.29 is 9.47 Å². The Morgan fingerprint density at radius 2 is 1.95 bits per heavy atom. The van der Waals surface area contributed by atoms with Gasteiger partial charge >= 0.3 is 0 Å². The lowest BCUT2D eigenvalue weighted by Crippen LogP contribution is -2.63. The van der Waals surface area contributed by atoms with Crippen LogP contribution in [0.3, 0.4) is 0 Å². The lowest BCUT2D eigenvalue weighted by atomic mass is 9.71. The molecule has 0 aliphatic carbocycles. The molecule has 1 aromatic carbocycles. The highest BCUT2D eigenvalue weighted by Gasteiger charge is 2.56. The van der Waals surface area contributed by atoms with Crippen molar-refractivity contribution in [3.05, 3.63) is 35.9 Å². The zero-order valence-electron chi connectivity index (χ0n) is 13.6. The Morgan fingerprint density at radius 1 is 1.18 bits per heavy atom. The Kier molecular flexibility index (Phi) is 5.14. The lowest BCUT2D eigenvalue weighted by molar-refractivity contribution is -0.251. The van der Waals surface area contributed by atoms with Crippen molar-refractivity contribution in [2.75, 3.05) is 32.8 Å². The van der Waals surface area contributed by atoms with Gasteiger partial charge in [-0.3, -0.25) is 0 Å². The van der Waals surface area contributed by atoms with Crippen LogP contribution in [-0.2, 0) is 16.0 Å². The standard InChI is InChI=1S/C18H28N2O2/c1-2-8-17(15-20-13-16-6-4-3-5-7-16)14-19-10-9-18(17)21-11-12-22-18/h3-7,19-20H,2,8-15H2,1H3. The highest BCUT2D eigenvalue weighted by molar-refractivity contribution is 5.14. The van der Waals surface area contributed by atoms with E-state index in [1.54, 1.807) is 0 Å². The highest BCUT2D eigenvalue weighted by Crippen LogP contribution is 2.45. The Hall–Kier alpha value is -0.940. The first-order valence-corrected chi connectivity index (χ1v) is 8.54. The van der Waals surface area contributed by atoms with Crippen molar-refractivity contribution in [2.45, 2.75) is 38.5 Å². The molecule has 122 valence electrons. The molecule has 2 N–H and O–H groups in total.